The Labute approximate surface area is 161 Å². The summed E-state index contributed by atoms with van der Waals surface area (Å²) in [5.74, 6) is 1.42. The van der Waals surface area contributed by atoms with E-state index in [4.69, 9.17) is 4.74 Å². The lowest BCUT2D eigenvalue weighted by molar-refractivity contribution is 0.241. The van der Waals surface area contributed by atoms with E-state index in [0.717, 1.165) is 46.7 Å². The van der Waals surface area contributed by atoms with E-state index in [1.807, 2.05) is 17.9 Å². The van der Waals surface area contributed by atoms with Crippen molar-refractivity contribution in [1.82, 2.24) is 10.3 Å². The number of benzene rings is 1. The predicted molar refractivity (Wildman–Crippen MR) is 109 cm³/mol. The zero-order valence-corrected chi connectivity index (χ0v) is 17.1. The molecule has 0 fully saturated rings. The lowest BCUT2D eigenvalue weighted by Gasteiger charge is -2.36. The van der Waals surface area contributed by atoms with E-state index in [9.17, 15) is 4.79 Å². The first-order valence-electron chi connectivity index (χ1n) is 9.68. The standard InChI is InChI=1S/C22H29N3O2/c1-7-17(8-2)25-19-11-16(6)24-21(18(19)12-23-22(25)26)27-20-14(4)9-13(3)10-15(20)5/h9-11,17H,7-8,12H2,1-6H3,(H,23,26). The van der Waals surface area contributed by atoms with Crippen molar-refractivity contribution in [2.24, 2.45) is 0 Å². The van der Waals surface area contributed by atoms with E-state index >= 15 is 0 Å². The molecule has 1 aliphatic heterocycles. The number of anilines is 1. The van der Waals surface area contributed by atoms with Gasteiger partial charge in [-0.05, 0) is 57.7 Å². The molecule has 2 amide bonds. The molecule has 0 radical (unpaired) electrons. The second kappa shape index (κ2) is 7.59. The first-order chi connectivity index (χ1) is 12.8. The molecule has 27 heavy (non-hydrogen) atoms. The number of urea groups is 1. The van der Waals surface area contributed by atoms with Gasteiger partial charge in [-0.15, -0.1) is 0 Å². The van der Waals surface area contributed by atoms with E-state index in [1.54, 1.807) is 0 Å². The lowest BCUT2D eigenvalue weighted by atomic mass is 10.0. The van der Waals surface area contributed by atoms with Gasteiger partial charge in [0.25, 0.3) is 0 Å². The molecule has 1 aromatic carbocycles. The second-order valence-corrected chi connectivity index (χ2v) is 7.40. The quantitative estimate of drug-likeness (QED) is 0.777. The fourth-order valence-electron chi connectivity index (χ4n) is 3.92. The average Bonchev–Trinajstić information content (AvgIpc) is 2.60. The number of nitrogens with one attached hydrogen (secondary N) is 1. The first kappa shape index (κ1) is 19.2. The molecule has 144 valence electrons. The molecule has 3 rings (SSSR count). The molecule has 5 nitrogen and oxygen atoms in total. The number of hydrogen-bond acceptors (Lipinski definition) is 3. The Hall–Kier alpha value is -2.56. The van der Waals surface area contributed by atoms with Crippen LogP contribution in [0.15, 0.2) is 18.2 Å². The summed E-state index contributed by atoms with van der Waals surface area (Å²) in [6.45, 7) is 12.8. The van der Waals surface area contributed by atoms with Crippen molar-refractivity contribution in [3.8, 4) is 11.6 Å². The summed E-state index contributed by atoms with van der Waals surface area (Å²) in [6.07, 6.45) is 1.80. The molecule has 1 aromatic heterocycles. The molecule has 0 saturated heterocycles. The summed E-state index contributed by atoms with van der Waals surface area (Å²) in [5, 5.41) is 2.99. The molecule has 0 atom stereocenters. The van der Waals surface area contributed by atoms with Crippen LogP contribution in [0, 0.1) is 27.7 Å². The highest BCUT2D eigenvalue weighted by molar-refractivity contribution is 5.96. The van der Waals surface area contributed by atoms with Crippen molar-refractivity contribution < 1.29 is 9.53 Å². The van der Waals surface area contributed by atoms with Gasteiger partial charge in [0, 0.05) is 11.7 Å². The topological polar surface area (TPSA) is 54.5 Å². The number of carbonyl (C=O) groups is 1. The van der Waals surface area contributed by atoms with Gasteiger partial charge < -0.3 is 10.1 Å². The van der Waals surface area contributed by atoms with Crippen LogP contribution in [-0.4, -0.2) is 17.1 Å². The van der Waals surface area contributed by atoms with Crippen LogP contribution in [0.1, 0.15) is 54.6 Å². The third kappa shape index (κ3) is 3.64. The first-order valence-corrected chi connectivity index (χ1v) is 9.68. The Morgan fingerprint density at radius 3 is 2.33 bits per heavy atom. The second-order valence-electron chi connectivity index (χ2n) is 7.40. The molecule has 2 heterocycles. The maximum atomic E-state index is 12.6. The Bertz CT molecular complexity index is 849. The van der Waals surface area contributed by atoms with Gasteiger partial charge in [-0.3, -0.25) is 4.90 Å². The lowest BCUT2D eigenvalue weighted by Crippen LogP contribution is -2.49. The Balaban J connectivity index is 2.10. The highest BCUT2D eigenvalue weighted by Crippen LogP contribution is 2.37. The van der Waals surface area contributed by atoms with Crippen LogP contribution in [0.5, 0.6) is 11.6 Å². The highest BCUT2D eigenvalue weighted by Gasteiger charge is 2.31. The molecule has 0 aliphatic carbocycles. The summed E-state index contributed by atoms with van der Waals surface area (Å²) in [7, 11) is 0. The highest BCUT2D eigenvalue weighted by atomic mass is 16.5. The minimum Gasteiger partial charge on any atom is -0.438 e. The third-order valence-corrected chi connectivity index (χ3v) is 5.20. The van der Waals surface area contributed by atoms with Gasteiger partial charge in [-0.2, -0.15) is 0 Å². The third-order valence-electron chi connectivity index (χ3n) is 5.20. The summed E-state index contributed by atoms with van der Waals surface area (Å²) in [4.78, 5) is 19.1. The van der Waals surface area contributed by atoms with E-state index < -0.39 is 0 Å². The van der Waals surface area contributed by atoms with Crippen molar-refractivity contribution >= 4 is 11.7 Å². The van der Waals surface area contributed by atoms with Crippen LogP contribution in [0.25, 0.3) is 0 Å². The van der Waals surface area contributed by atoms with Crippen LogP contribution in [0.4, 0.5) is 10.5 Å². The maximum absolute atomic E-state index is 12.6. The van der Waals surface area contributed by atoms with Gasteiger partial charge in [0.1, 0.15) is 5.75 Å². The SMILES string of the molecule is CCC(CC)N1C(=O)NCc2c1cc(C)nc2Oc1c(C)cc(C)cc1C. The zero-order valence-electron chi connectivity index (χ0n) is 17.1. The largest absolute Gasteiger partial charge is 0.438 e. The van der Waals surface area contributed by atoms with Crippen molar-refractivity contribution in [2.75, 3.05) is 4.90 Å². The van der Waals surface area contributed by atoms with Gasteiger partial charge in [0.05, 0.1) is 17.8 Å². The molecule has 0 unspecified atom stereocenters. The minimum atomic E-state index is -0.0459. The Morgan fingerprint density at radius 2 is 1.74 bits per heavy atom. The fraction of sp³-hybridized carbons (Fsp3) is 0.455. The number of carbonyl (C=O) groups excluding carboxylic acids is 1. The van der Waals surface area contributed by atoms with Crippen LogP contribution < -0.4 is 15.0 Å². The monoisotopic (exact) mass is 367 g/mol. The van der Waals surface area contributed by atoms with Crippen molar-refractivity contribution in [2.45, 2.75) is 67.0 Å². The van der Waals surface area contributed by atoms with Crippen molar-refractivity contribution in [1.29, 1.82) is 0 Å². The number of hydrogen-bond donors (Lipinski definition) is 1. The number of amides is 2. The molecule has 1 N–H and O–H groups in total. The maximum Gasteiger partial charge on any atom is 0.322 e. The summed E-state index contributed by atoms with van der Waals surface area (Å²) in [6, 6.07) is 6.33. The Kier molecular flexibility index (Phi) is 5.40. The van der Waals surface area contributed by atoms with E-state index in [-0.39, 0.29) is 12.1 Å². The average molecular weight is 367 g/mol. The van der Waals surface area contributed by atoms with Crippen LogP contribution in [0.3, 0.4) is 0 Å². The minimum absolute atomic E-state index is 0.0459. The molecule has 2 aromatic rings. The van der Waals surface area contributed by atoms with Gasteiger partial charge in [-0.1, -0.05) is 31.5 Å². The van der Waals surface area contributed by atoms with Gasteiger partial charge in [0.2, 0.25) is 5.88 Å². The van der Waals surface area contributed by atoms with Crippen molar-refractivity contribution in [3.05, 3.63) is 46.1 Å². The number of ether oxygens (including phenoxy) is 1. The smallest absolute Gasteiger partial charge is 0.322 e. The van der Waals surface area contributed by atoms with Gasteiger partial charge in [-0.25, -0.2) is 9.78 Å². The molecule has 0 spiro atoms. The van der Waals surface area contributed by atoms with E-state index in [0.29, 0.717) is 12.4 Å². The fourth-order valence-corrected chi connectivity index (χ4v) is 3.92. The van der Waals surface area contributed by atoms with E-state index in [2.05, 4.69) is 57.1 Å². The van der Waals surface area contributed by atoms with Crippen molar-refractivity contribution in [3.63, 3.8) is 0 Å². The summed E-state index contributed by atoms with van der Waals surface area (Å²) < 4.78 is 6.32. The number of nitrogens with zero attached hydrogens (tertiary/aromatic N) is 2. The molecular weight excluding hydrogens is 338 g/mol. The molecular formula is C22H29N3O2. The summed E-state index contributed by atoms with van der Waals surface area (Å²) in [5.41, 5.74) is 6.08. The van der Waals surface area contributed by atoms with Crippen LogP contribution in [-0.2, 0) is 6.54 Å². The summed E-state index contributed by atoms with van der Waals surface area (Å²) >= 11 is 0. The van der Waals surface area contributed by atoms with Gasteiger partial charge >= 0.3 is 6.03 Å². The van der Waals surface area contributed by atoms with Gasteiger partial charge in [0.15, 0.2) is 0 Å². The Morgan fingerprint density at radius 1 is 1.11 bits per heavy atom. The van der Waals surface area contributed by atoms with Crippen LogP contribution >= 0.6 is 0 Å². The predicted octanol–water partition coefficient (Wildman–Crippen LogP) is 5.33. The van der Waals surface area contributed by atoms with E-state index in [1.165, 1.54) is 5.56 Å². The number of rotatable bonds is 5. The van der Waals surface area contributed by atoms with Crippen LogP contribution in [0.2, 0.25) is 0 Å². The number of fused-ring (bicyclic) bond motifs is 1. The molecule has 0 bridgehead atoms. The number of aromatic nitrogens is 1. The molecule has 0 saturated carbocycles. The normalized spacial score (nSPS) is 13.6. The number of aryl methyl sites for hydroxylation is 4. The zero-order chi connectivity index (χ0) is 19.7. The number of pyridine rings is 1. The molecule has 1 aliphatic rings. The molecule has 5 heteroatoms.